The summed E-state index contributed by atoms with van der Waals surface area (Å²) in [6, 6.07) is 5.58. The molecule has 23 heavy (non-hydrogen) atoms. The van der Waals surface area contributed by atoms with Crippen molar-refractivity contribution in [2.24, 2.45) is 10.9 Å². The molecule has 0 saturated carbocycles. The third kappa shape index (κ3) is 3.44. The van der Waals surface area contributed by atoms with E-state index in [-0.39, 0.29) is 11.4 Å². The number of halogens is 3. The molecule has 2 aromatic rings. The molecule has 0 radical (unpaired) electrons. The fourth-order valence-electron chi connectivity index (χ4n) is 2.29. The van der Waals surface area contributed by atoms with Gasteiger partial charge in [0, 0.05) is 10.0 Å². The highest BCUT2D eigenvalue weighted by Crippen LogP contribution is 2.35. The van der Waals surface area contributed by atoms with Crippen LogP contribution in [-0.4, -0.2) is 16.1 Å². The molecule has 0 saturated heterocycles. The summed E-state index contributed by atoms with van der Waals surface area (Å²) in [5, 5.41) is 21.1. The van der Waals surface area contributed by atoms with Crippen LogP contribution < -0.4 is 5.73 Å². The van der Waals surface area contributed by atoms with Crippen molar-refractivity contribution in [1.82, 2.24) is 0 Å². The highest BCUT2D eigenvalue weighted by Gasteiger charge is 2.17. The molecular formula is C16H15BrF2N2O2. The second kappa shape index (κ2) is 6.95. The normalized spacial score (nSPS) is 11.7. The molecular weight excluding hydrogens is 370 g/mol. The Kier molecular flexibility index (Phi) is 5.20. The zero-order valence-electron chi connectivity index (χ0n) is 12.3. The zero-order valence-corrected chi connectivity index (χ0v) is 13.9. The minimum absolute atomic E-state index is 0.115. The predicted octanol–water partition coefficient (Wildman–Crippen LogP) is 4.15. The molecule has 0 atom stereocenters. The van der Waals surface area contributed by atoms with E-state index in [1.807, 2.05) is 6.92 Å². The third-order valence-corrected chi connectivity index (χ3v) is 4.24. The van der Waals surface area contributed by atoms with Crippen molar-refractivity contribution >= 4 is 21.8 Å². The quantitative estimate of drug-likeness (QED) is 0.320. The molecule has 0 unspecified atom stereocenters. The predicted molar refractivity (Wildman–Crippen MR) is 87.7 cm³/mol. The molecule has 2 rings (SSSR count). The number of rotatable bonds is 4. The van der Waals surface area contributed by atoms with Crippen LogP contribution in [-0.2, 0) is 6.42 Å². The molecule has 0 amide bonds. The average Bonchev–Trinajstić information content (AvgIpc) is 2.53. The van der Waals surface area contributed by atoms with E-state index in [1.165, 1.54) is 0 Å². The van der Waals surface area contributed by atoms with E-state index in [0.29, 0.717) is 15.6 Å². The summed E-state index contributed by atoms with van der Waals surface area (Å²) in [7, 11) is 0. The van der Waals surface area contributed by atoms with Crippen LogP contribution in [0.15, 0.2) is 33.9 Å². The largest absolute Gasteiger partial charge is 0.503 e. The smallest absolute Gasteiger partial charge is 0.187 e. The Hall–Kier alpha value is -2.15. The minimum Gasteiger partial charge on any atom is -0.503 e. The molecule has 0 aliphatic carbocycles. The van der Waals surface area contributed by atoms with E-state index in [2.05, 4.69) is 21.1 Å². The molecule has 122 valence electrons. The molecule has 2 aromatic carbocycles. The van der Waals surface area contributed by atoms with Gasteiger partial charge in [-0.05, 0) is 63.3 Å². The molecule has 4 N–H and O–H groups in total. The van der Waals surface area contributed by atoms with Gasteiger partial charge in [0.25, 0.3) is 0 Å². The summed E-state index contributed by atoms with van der Waals surface area (Å²) in [6.45, 7) is 1.99. The van der Waals surface area contributed by atoms with E-state index in [9.17, 15) is 13.9 Å². The molecule has 0 bridgehead atoms. The Bertz CT molecular complexity index is 756. The van der Waals surface area contributed by atoms with Crippen LogP contribution in [0.1, 0.15) is 24.5 Å². The maximum absolute atomic E-state index is 13.6. The number of hydrogen-bond donors (Lipinski definition) is 3. The Morgan fingerprint density at radius 3 is 2.35 bits per heavy atom. The first kappa shape index (κ1) is 17.2. The number of hydrogen-bond acceptors (Lipinski definition) is 3. The van der Waals surface area contributed by atoms with E-state index in [0.717, 1.165) is 30.5 Å². The van der Waals surface area contributed by atoms with Gasteiger partial charge in [0.2, 0.25) is 0 Å². The lowest BCUT2D eigenvalue weighted by Crippen LogP contribution is -2.14. The monoisotopic (exact) mass is 384 g/mol. The SMILES string of the molecule is CCCc1cc(/C(N)=N/O)c(Br)c(-c2cc(F)c(O)c(F)c2)c1. The second-order valence-electron chi connectivity index (χ2n) is 5.03. The van der Waals surface area contributed by atoms with Crippen molar-refractivity contribution in [2.75, 3.05) is 0 Å². The number of aryl methyl sites for hydroxylation is 1. The molecule has 4 nitrogen and oxygen atoms in total. The summed E-state index contributed by atoms with van der Waals surface area (Å²) in [5.74, 6) is -3.25. The van der Waals surface area contributed by atoms with Gasteiger partial charge in [-0.2, -0.15) is 0 Å². The number of aromatic hydroxyl groups is 1. The molecule has 0 spiro atoms. The van der Waals surface area contributed by atoms with Crippen molar-refractivity contribution in [3.05, 3.63) is 51.5 Å². The third-order valence-electron chi connectivity index (χ3n) is 3.38. The maximum Gasteiger partial charge on any atom is 0.187 e. The summed E-state index contributed by atoms with van der Waals surface area (Å²) in [5.41, 5.74) is 7.68. The fraction of sp³-hybridized carbons (Fsp3) is 0.188. The van der Waals surface area contributed by atoms with Crippen molar-refractivity contribution in [3.8, 4) is 16.9 Å². The van der Waals surface area contributed by atoms with Crippen LogP contribution in [0.5, 0.6) is 5.75 Å². The average molecular weight is 385 g/mol. The van der Waals surface area contributed by atoms with Gasteiger partial charge in [-0.3, -0.25) is 0 Å². The summed E-state index contributed by atoms with van der Waals surface area (Å²) >= 11 is 3.33. The Morgan fingerprint density at radius 2 is 1.83 bits per heavy atom. The number of nitrogens with two attached hydrogens (primary N) is 1. The van der Waals surface area contributed by atoms with Gasteiger partial charge >= 0.3 is 0 Å². The molecule has 0 aliphatic heterocycles. The fourth-order valence-corrected chi connectivity index (χ4v) is 2.95. The number of oxime groups is 1. The van der Waals surface area contributed by atoms with Gasteiger partial charge < -0.3 is 16.0 Å². The van der Waals surface area contributed by atoms with Gasteiger partial charge in [0.1, 0.15) is 0 Å². The number of benzene rings is 2. The molecule has 0 aromatic heterocycles. The zero-order chi connectivity index (χ0) is 17.1. The molecule has 0 aliphatic rings. The van der Waals surface area contributed by atoms with Crippen LogP contribution in [0.3, 0.4) is 0 Å². The van der Waals surface area contributed by atoms with E-state index < -0.39 is 17.4 Å². The number of nitrogens with zero attached hydrogens (tertiary/aromatic N) is 1. The van der Waals surface area contributed by atoms with Crippen molar-refractivity contribution in [1.29, 1.82) is 0 Å². The summed E-state index contributed by atoms with van der Waals surface area (Å²) in [4.78, 5) is 0. The lowest BCUT2D eigenvalue weighted by Gasteiger charge is -2.13. The van der Waals surface area contributed by atoms with E-state index >= 15 is 0 Å². The standard InChI is InChI=1S/C16H15BrF2N2O2/c1-2-3-8-4-10(14(17)11(5-8)16(20)21-23)9-6-12(18)15(22)13(19)7-9/h4-7,22-23H,2-3H2,1H3,(H2,20,21). The topological polar surface area (TPSA) is 78.8 Å². The van der Waals surface area contributed by atoms with Gasteiger partial charge in [0.05, 0.1) is 0 Å². The van der Waals surface area contributed by atoms with Crippen molar-refractivity contribution in [2.45, 2.75) is 19.8 Å². The summed E-state index contributed by atoms with van der Waals surface area (Å²) < 4.78 is 27.7. The Balaban J connectivity index is 2.73. The van der Waals surface area contributed by atoms with Crippen molar-refractivity contribution in [3.63, 3.8) is 0 Å². The van der Waals surface area contributed by atoms with Crippen LogP contribution in [0.2, 0.25) is 0 Å². The van der Waals surface area contributed by atoms with Gasteiger partial charge in [-0.15, -0.1) is 0 Å². The molecule has 0 heterocycles. The highest BCUT2D eigenvalue weighted by atomic mass is 79.9. The lowest BCUT2D eigenvalue weighted by molar-refractivity contribution is 0.318. The first-order valence-corrected chi connectivity index (χ1v) is 7.67. The number of phenolic OH excluding ortho intramolecular Hbond substituents is 1. The maximum atomic E-state index is 13.6. The highest BCUT2D eigenvalue weighted by molar-refractivity contribution is 9.10. The van der Waals surface area contributed by atoms with Crippen LogP contribution in [0, 0.1) is 11.6 Å². The van der Waals surface area contributed by atoms with Crippen molar-refractivity contribution < 1.29 is 19.1 Å². The molecule has 0 fully saturated rings. The van der Waals surface area contributed by atoms with Crippen LogP contribution >= 0.6 is 15.9 Å². The van der Waals surface area contributed by atoms with Gasteiger partial charge in [-0.1, -0.05) is 18.5 Å². The summed E-state index contributed by atoms with van der Waals surface area (Å²) in [6.07, 6.45) is 1.57. The lowest BCUT2D eigenvalue weighted by atomic mass is 9.97. The molecule has 7 heteroatoms. The second-order valence-corrected chi connectivity index (χ2v) is 5.82. The number of phenols is 1. The van der Waals surface area contributed by atoms with E-state index in [1.54, 1.807) is 12.1 Å². The van der Waals surface area contributed by atoms with E-state index in [4.69, 9.17) is 10.9 Å². The first-order chi connectivity index (χ1) is 10.9. The van der Waals surface area contributed by atoms with Crippen LogP contribution in [0.4, 0.5) is 8.78 Å². The minimum atomic E-state index is -1.06. The Labute approximate surface area is 140 Å². The number of amidine groups is 1. The Morgan fingerprint density at radius 1 is 1.22 bits per heavy atom. The van der Waals surface area contributed by atoms with Gasteiger partial charge in [0.15, 0.2) is 23.2 Å². The first-order valence-electron chi connectivity index (χ1n) is 6.87. The van der Waals surface area contributed by atoms with Gasteiger partial charge in [-0.25, -0.2) is 8.78 Å². The van der Waals surface area contributed by atoms with Crippen LogP contribution in [0.25, 0.3) is 11.1 Å².